The summed E-state index contributed by atoms with van der Waals surface area (Å²) in [5.41, 5.74) is 0. The first-order valence-corrected chi connectivity index (χ1v) is 10.3. The summed E-state index contributed by atoms with van der Waals surface area (Å²) in [6.45, 7) is 2.15. The topological polar surface area (TPSA) is 79.8 Å². The maximum atomic E-state index is 12.7. The first-order chi connectivity index (χ1) is 13.1. The molecular formula is C19H21N3O4S. The van der Waals surface area contributed by atoms with Gasteiger partial charge in [0.05, 0.1) is 25.6 Å². The van der Waals surface area contributed by atoms with Crippen LogP contribution in [0.2, 0.25) is 0 Å². The van der Waals surface area contributed by atoms with Gasteiger partial charge in [-0.2, -0.15) is 4.31 Å². The van der Waals surface area contributed by atoms with E-state index in [9.17, 15) is 8.42 Å². The molecule has 4 heterocycles. The SMILES string of the molecule is O=S(=O)(c1ccc(N(Cc2ccco2)Cc2ccco2)nc1)N1CCCC1. The fourth-order valence-electron chi connectivity index (χ4n) is 3.19. The number of pyridine rings is 1. The minimum Gasteiger partial charge on any atom is -0.467 e. The van der Waals surface area contributed by atoms with Crippen LogP contribution in [0.25, 0.3) is 0 Å². The van der Waals surface area contributed by atoms with E-state index >= 15 is 0 Å². The highest BCUT2D eigenvalue weighted by atomic mass is 32.2. The Labute approximate surface area is 158 Å². The maximum absolute atomic E-state index is 12.7. The monoisotopic (exact) mass is 387 g/mol. The lowest BCUT2D eigenvalue weighted by molar-refractivity contribution is 0.473. The summed E-state index contributed by atoms with van der Waals surface area (Å²) in [5.74, 6) is 2.23. The van der Waals surface area contributed by atoms with Gasteiger partial charge in [0.1, 0.15) is 22.2 Å². The molecule has 0 radical (unpaired) electrons. The molecule has 1 aliphatic rings. The first kappa shape index (κ1) is 17.8. The Morgan fingerprint density at radius 3 is 2.07 bits per heavy atom. The van der Waals surface area contributed by atoms with E-state index in [0.717, 1.165) is 24.4 Å². The average Bonchev–Trinajstić information content (AvgIpc) is 3.44. The molecule has 0 unspecified atom stereocenters. The van der Waals surface area contributed by atoms with E-state index in [0.29, 0.717) is 32.0 Å². The Hall–Kier alpha value is -2.58. The summed E-state index contributed by atoms with van der Waals surface area (Å²) in [5, 5.41) is 0. The van der Waals surface area contributed by atoms with E-state index in [-0.39, 0.29) is 4.90 Å². The molecule has 3 aromatic heterocycles. The highest BCUT2D eigenvalue weighted by molar-refractivity contribution is 7.89. The molecule has 0 aromatic carbocycles. The number of hydrogen-bond acceptors (Lipinski definition) is 6. The molecule has 8 heteroatoms. The average molecular weight is 387 g/mol. The van der Waals surface area contributed by atoms with Gasteiger partial charge in [0.2, 0.25) is 10.0 Å². The van der Waals surface area contributed by atoms with Crippen molar-refractivity contribution in [1.82, 2.24) is 9.29 Å². The minimum atomic E-state index is -3.47. The highest BCUT2D eigenvalue weighted by Crippen LogP contribution is 2.23. The number of furan rings is 2. The van der Waals surface area contributed by atoms with Crippen molar-refractivity contribution < 1.29 is 17.3 Å². The van der Waals surface area contributed by atoms with Gasteiger partial charge in [-0.05, 0) is 49.2 Å². The van der Waals surface area contributed by atoms with Crippen LogP contribution in [0.5, 0.6) is 0 Å². The predicted octanol–water partition coefficient (Wildman–Crippen LogP) is 3.26. The lowest BCUT2D eigenvalue weighted by Crippen LogP contribution is -2.28. The maximum Gasteiger partial charge on any atom is 0.244 e. The fourth-order valence-corrected chi connectivity index (χ4v) is 4.65. The smallest absolute Gasteiger partial charge is 0.244 e. The van der Waals surface area contributed by atoms with Crippen LogP contribution in [0.1, 0.15) is 24.4 Å². The second-order valence-corrected chi connectivity index (χ2v) is 8.42. The summed E-state index contributed by atoms with van der Waals surface area (Å²) in [6.07, 6.45) is 6.50. The molecule has 0 atom stereocenters. The third-order valence-corrected chi connectivity index (χ3v) is 6.48. The molecule has 27 heavy (non-hydrogen) atoms. The lowest BCUT2D eigenvalue weighted by Gasteiger charge is -2.22. The fraction of sp³-hybridized carbons (Fsp3) is 0.316. The minimum absolute atomic E-state index is 0.226. The van der Waals surface area contributed by atoms with Gasteiger partial charge in [-0.25, -0.2) is 13.4 Å². The summed E-state index contributed by atoms with van der Waals surface area (Å²) in [6, 6.07) is 10.8. The molecular weight excluding hydrogens is 366 g/mol. The summed E-state index contributed by atoms with van der Waals surface area (Å²) < 4.78 is 37.8. The third-order valence-electron chi connectivity index (χ3n) is 4.60. The zero-order valence-corrected chi connectivity index (χ0v) is 15.6. The van der Waals surface area contributed by atoms with Crippen molar-refractivity contribution in [1.29, 1.82) is 0 Å². The van der Waals surface area contributed by atoms with Crippen LogP contribution in [0.4, 0.5) is 5.82 Å². The molecule has 0 N–H and O–H groups in total. The molecule has 1 saturated heterocycles. The van der Waals surface area contributed by atoms with Crippen molar-refractivity contribution in [3.63, 3.8) is 0 Å². The normalized spacial score (nSPS) is 15.3. The van der Waals surface area contributed by atoms with Crippen LogP contribution in [0.3, 0.4) is 0 Å². The van der Waals surface area contributed by atoms with Crippen LogP contribution in [0, 0.1) is 0 Å². The van der Waals surface area contributed by atoms with E-state index in [1.807, 2.05) is 29.2 Å². The largest absolute Gasteiger partial charge is 0.467 e. The number of sulfonamides is 1. The van der Waals surface area contributed by atoms with Crippen LogP contribution in [-0.4, -0.2) is 30.8 Å². The van der Waals surface area contributed by atoms with Gasteiger partial charge in [-0.3, -0.25) is 0 Å². The van der Waals surface area contributed by atoms with Gasteiger partial charge in [-0.1, -0.05) is 0 Å². The van der Waals surface area contributed by atoms with Crippen molar-refractivity contribution in [3.05, 3.63) is 66.6 Å². The molecule has 1 aliphatic heterocycles. The molecule has 4 rings (SSSR count). The van der Waals surface area contributed by atoms with Crippen LogP contribution >= 0.6 is 0 Å². The van der Waals surface area contributed by atoms with Gasteiger partial charge >= 0.3 is 0 Å². The highest BCUT2D eigenvalue weighted by Gasteiger charge is 2.27. The molecule has 7 nitrogen and oxygen atoms in total. The van der Waals surface area contributed by atoms with E-state index in [4.69, 9.17) is 8.83 Å². The first-order valence-electron chi connectivity index (χ1n) is 8.89. The lowest BCUT2D eigenvalue weighted by atomic mass is 10.3. The molecule has 0 aliphatic carbocycles. The quantitative estimate of drug-likeness (QED) is 0.619. The molecule has 0 saturated carbocycles. The summed E-state index contributed by atoms with van der Waals surface area (Å²) in [4.78, 5) is 6.62. The molecule has 1 fully saturated rings. The van der Waals surface area contributed by atoms with Gasteiger partial charge < -0.3 is 13.7 Å². The van der Waals surface area contributed by atoms with Crippen molar-refractivity contribution >= 4 is 15.8 Å². The summed E-state index contributed by atoms with van der Waals surface area (Å²) in [7, 11) is -3.47. The number of aromatic nitrogens is 1. The third kappa shape index (κ3) is 3.91. The van der Waals surface area contributed by atoms with Gasteiger partial charge in [0, 0.05) is 19.3 Å². The number of rotatable bonds is 7. The second kappa shape index (κ2) is 7.58. The Morgan fingerprint density at radius 2 is 1.59 bits per heavy atom. The zero-order chi connectivity index (χ0) is 18.7. The molecule has 0 spiro atoms. The second-order valence-electron chi connectivity index (χ2n) is 6.48. The van der Waals surface area contributed by atoms with Crippen LogP contribution < -0.4 is 4.90 Å². The van der Waals surface area contributed by atoms with Crippen LogP contribution in [-0.2, 0) is 23.1 Å². The van der Waals surface area contributed by atoms with Gasteiger partial charge in [0.25, 0.3) is 0 Å². The number of anilines is 1. The van der Waals surface area contributed by atoms with E-state index in [2.05, 4.69) is 4.98 Å². The van der Waals surface area contributed by atoms with E-state index < -0.39 is 10.0 Å². The van der Waals surface area contributed by atoms with E-state index in [1.54, 1.807) is 24.7 Å². The van der Waals surface area contributed by atoms with Gasteiger partial charge in [0.15, 0.2) is 0 Å². The Morgan fingerprint density at radius 1 is 0.963 bits per heavy atom. The Bertz CT molecular complexity index is 909. The van der Waals surface area contributed by atoms with Gasteiger partial charge in [-0.15, -0.1) is 0 Å². The Kier molecular flexibility index (Phi) is 5.00. The molecule has 3 aromatic rings. The Balaban J connectivity index is 1.58. The zero-order valence-electron chi connectivity index (χ0n) is 14.8. The van der Waals surface area contributed by atoms with Crippen molar-refractivity contribution in [2.24, 2.45) is 0 Å². The summed E-state index contributed by atoms with van der Waals surface area (Å²) >= 11 is 0. The number of nitrogens with zero attached hydrogens (tertiary/aromatic N) is 3. The number of hydrogen-bond donors (Lipinski definition) is 0. The van der Waals surface area contributed by atoms with Crippen molar-refractivity contribution in [2.45, 2.75) is 30.8 Å². The molecule has 0 bridgehead atoms. The predicted molar refractivity (Wildman–Crippen MR) is 99.5 cm³/mol. The van der Waals surface area contributed by atoms with Crippen molar-refractivity contribution in [3.8, 4) is 0 Å². The molecule has 0 amide bonds. The standard InChI is InChI=1S/C19H21N3O4S/c23-27(24,22-9-1-2-10-22)18-7-8-19(20-13-18)21(14-16-5-3-11-25-16)15-17-6-4-12-26-17/h3-8,11-13H,1-2,9-10,14-15H2. The van der Waals surface area contributed by atoms with E-state index in [1.165, 1.54) is 10.5 Å². The van der Waals surface area contributed by atoms with Crippen LogP contribution in [0.15, 0.2) is 68.9 Å². The van der Waals surface area contributed by atoms with Crippen molar-refractivity contribution in [2.75, 3.05) is 18.0 Å². The molecule has 142 valence electrons.